The molecule has 4 N–H and O–H groups in total. The van der Waals surface area contributed by atoms with E-state index in [1.807, 2.05) is 6.07 Å². The van der Waals surface area contributed by atoms with Gasteiger partial charge >= 0.3 is 12.2 Å². The minimum absolute atomic E-state index is 0.213. The second kappa shape index (κ2) is 9.38. The molecule has 0 saturated heterocycles. The Morgan fingerprint density at radius 2 is 1.88 bits per heavy atom. The van der Waals surface area contributed by atoms with E-state index >= 15 is 0 Å². The lowest BCUT2D eigenvalue weighted by atomic mass is 10.1. The van der Waals surface area contributed by atoms with Gasteiger partial charge in [-0.2, -0.15) is 18.3 Å². The number of fused-ring (bicyclic) bond motifs is 1. The minimum atomic E-state index is -4.60. The van der Waals surface area contributed by atoms with Crippen molar-refractivity contribution in [1.82, 2.24) is 19.6 Å². The third-order valence-corrected chi connectivity index (χ3v) is 5.07. The topological polar surface area (TPSA) is 110 Å². The molecule has 175 valence electrons. The number of carbonyl (C=O) groups excluding carboxylic acids is 1. The molecular weight excluding hydrogens is 447 g/mol. The molecule has 0 spiro atoms. The molecule has 0 unspecified atom stereocenters. The molecule has 11 heteroatoms. The molecule has 1 aromatic carbocycles. The summed E-state index contributed by atoms with van der Waals surface area (Å²) in [5, 5.41) is 9.20. The number of hydrogen-bond acceptors (Lipinski definition) is 5. The highest BCUT2D eigenvalue weighted by Crippen LogP contribution is 2.32. The number of amides is 2. The molecule has 0 bridgehead atoms. The van der Waals surface area contributed by atoms with Crippen molar-refractivity contribution in [3.63, 3.8) is 0 Å². The van der Waals surface area contributed by atoms with E-state index in [-0.39, 0.29) is 5.82 Å². The molecule has 0 aliphatic heterocycles. The van der Waals surface area contributed by atoms with Crippen LogP contribution in [-0.2, 0) is 12.6 Å². The van der Waals surface area contributed by atoms with Crippen molar-refractivity contribution in [2.75, 3.05) is 16.4 Å². The van der Waals surface area contributed by atoms with Crippen LogP contribution in [0.5, 0.6) is 0 Å². The van der Waals surface area contributed by atoms with Gasteiger partial charge in [-0.05, 0) is 48.7 Å². The molecule has 3 heterocycles. The Bertz CT molecular complexity index is 1320. The molecule has 1 radical (unpaired) electrons. The van der Waals surface area contributed by atoms with E-state index < -0.39 is 17.9 Å². The summed E-state index contributed by atoms with van der Waals surface area (Å²) in [4.78, 5) is 19.7. The zero-order chi connectivity index (χ0) is 24.3. The van der Waals surface area contributed by atoms with Crippen molar-refractivity contribution in [2.24, 2.45) is 0 Å². The van der Waals surface area contributed by atoms with Crippen molar-refractivity contribution in [2.45, 2.75) is 25.4 Å². The van der Waals surface area contributed by atoms with Gasteiger partial charge in [-0.1, -0.05) is 31.5 Å². The van der Waals surface area contributed by atoms with Crippen molar-refractivity contribution >= 4 is 28.9 Å². The van der Waals surface area contributed by atoms with Gasteiger partial charge in [-0.15, -0.1) is 0 Å². The summed E-state index contributed by atoms with van der Waals surface area (Å²) in [5.74, 6) is 0.135. The molecule has 0 fully saturated rings. The number of carbonyl (C=O) groups is 1. The van der Waals surface area contributed by atoms with E-state index in [4.69, 9.17) is 5.73 Å². The van der Waals surface area contributed by atoms with Crippen LogP contribution < -0.4 is 16.4 Å². The van der Waals surface area contributed by atoms with Crippen molar-refractivity contribution in [3.8, 4) is 11.1 Å². The molecule has 8 nitrogen and oxygen atoms in total. The van der Waals surface area contributed by atoms with Crippen LogP contribution in [0.3, 0.4) is 0 Å². The largest absolute Gasteiger partial charge is 0.433 e. The van der Waals surface area contributed by atoms with Crippen LogP contribution >= 0.6 is 0 Å². The first-order chi connectivity index (χ1) is 16.3. The summed E-state index contributed by atoms with van der Waals surface area (Å²) in [6, 6.07) is 11.5. The van der Waals surface area contributed by atoms with Crippen LogP contribution in [0.25, 0.3) is 16.6 Å². The Hall–Kier alpha value is -4.15. The lowest BCUT2D eigenvalue weighted by Gasteiger charge is -2.10. The second-order valence-corrected chi connectivity index (χ2v) is 7.47. The lowest BCUT2D eigenvalue weighted by molar-refractivity contribution is -0.141. The molecule has 4 aromatic rings. The highest BCUT2D eigenvalue weighted by molar-refractivity contribution is 5.99. The molecule has 0 saturated carbocycles. The Morgan fingerprint density at radius 1 is 1.12 bits per heavy atom. The number of unbranched alkanes of at least 4 members (excludes halogenated alkanes) is 1. The Balaban J connectivity index is 1.52. The van der Waals surface area contributed by atoms with E-state index in [2.05, 4.69) is 32.6 Å². The zero-order valence-corrected chi connectivity index (χ0v) is 17.9. The number of aromatic nitrogens is 4. The summed E-state index contributed by atoms with van der Waals surface area (Å²) in [6.07, 6.45) is -0.722. The van der Waals surface area contributed by atoms with E-state index in [1.165, 1.54) is 18.5 Å². The number of pyridine rings is 1. The first-order valence-electron chi connectivity index (χ1n) is 10.4. The van der Waals surface area contributed by atoms with Gasteiger partial charge in [0.25, 0.3) is 0 Å². The fourth-order valence-electron chi connectivity index (χ4n) is 3.51. The van der Waals surface area contributed by atoms with Gasteiger partial charge in [0.15, 0.2) is 5.82 Å². The van der Waals surface area contributed by atoms with Gasteiger partial charge in [-0.25, -0.2) is 19.3 Å². The fraction of sp³-hybridized carbons (Fsp3) is 0.174. The number of rotatable bonds is 6. The number of nitrogens with one attached hydrogen (secondary N) is 2. The molecule has 4 rings (SSSR count). The average molecular weight is 468 g/mol. The third kappa shape index (κ3) is 4.92. The molecular formula is C23H21F3N7O. The maximum atomic E-state index is 12.8. The highest BCUT2D eigenvalue weighted by Gasteiger charge is 2.32. The first kappa shape index (κ1) is 23.0. The van der Waals surface area contributed by atoms with Crippen LogP contribution in [0.15, 0.2) is 54.9 Å². The number of nitrogens with zero attached hydrogens (tertiary/aromatic N) is 4. The van der Waals surface area contributed by atoms with E-state index in [0.29, 0.717) is 17.0 Å². The summed E-state index contributed by atoms with van der Waals surface area (Å²) in [6.45, 7) is 3.88. The van der Waals surface area contributed by atoms with Crippen molar-refractivity contribution in [3.05, 3.63) is 73.2 Å². The molecule has 0 aliphatic rings. The Morgan fingerprint density at radius 3 is 2.59 bits per heavy atom. The number of hydrogen-bond donors (Lipinski definition) is 3. The Kier molecular flexibility index (Phi) is 6.35. The maximum absolute atomic E-state index is 12.8. The summed E-state index contributed by atoms with van der Waals surface area (Å²) >= 11 is 0. The summed E-state index contributed by atoms with van der Waals surface area (Å²) in [7, 11) is 0. The number of halogens is 3. The van der Waals surface area contributed by atoms with Crippen LogP contribution in [0.2, 0.25) is 0 Å². The van der Waals surface area contributed by atoms with Crippen molar-refractivity contribution in [1.29, 1.82) is 0 Å². The van der Waals surface area contributed by atoms with Gasteiger partial charge in [0, 0.05) is 16.9 Å². The quantitative estimate of drug-likeness (QED) is 0.361. The zero-order valence-electron chi connectivity index (χ0n) is 17.9. The molecule has 0 atom stereocenters. The van der Waals surface area contributed by atoms with Crippen LogP contribution in [0, 0.1) is 6.92 Å². The smallest absolute Gasteiger partial charge is 0.382 e. The normalized spacial score (nSPS) is 11.5. The maximum Gasteiger partial charge on any atom is 0.433 e. The van der Waals surface area contributed by atoms with E-state index in [0.717, 1.165) is 42.1 Å². The third-order valence-electron chi connectivity index (χ3n) is 5.07. The fourth-order valence-corrected chi connectivity index (χ4v) is 3.51. The van der Waals surface area contributed by atoms with Gasteiger partial charge in [-0.3, -0.25) is 5.32 Å². The van der Waals surface area contributed by atoms with Crippen LogP contribution in [-0.4, -0.2) is 25.6 Å². The Labute approximate surface area is 193 Å². The van der Waals surface area contributed by atoms with Gasteiger partial charge in [0.1, 0.15) is 23.4 Å². The molecule has 2 amide bonds. The number of nitrogens with two attached hydrogens (primary N) is 1. The highest BCUT2D eigenvalue weighted by atomic mass is 19.4. The number of benzene rings is 1. The molecule has 34 heavy (non-hydrogen) atoms. The number of alkyl halides is 3. The van der Waals surface area contributed by atoms with Crippen LogP contribution in [0.4, 0.5) is 35.3 Å². The average Bonchev–Trinajstić information content (AvgIpc) is 3.17. The second-order valence-electron chi connectivity index (χ2n) is 7.47. The molecule has 3 aromatic heterocycles. The minimum Gasteiger partial charge on any atom is -0.382 e. The van der Waals surface area contributed by atoms with Gasteiger partial charge in [0.05, 0.1) is 0 Å². The van der Waals surface area contributed by atoms with Gasteiger partial charge < -0.3 is 11.1 Å². The monoisotopic (exact) mass is 468 g/mol. The van der Waals surface area contributed by atoms with Gasteiger partial charge in [0.2, 0.25) is 0 Å². The lowest BCUT2D eigenvalue weighted by Crippen LogP contribution is -2.21. The number of aryl methyl sites for hydroxylation is 1. The SMILES string of the molecule is [CH2]CCCc1cc(-c2ccc(NC(=O)Nc3cccc(C(F)(F)F)n3)cc2)c2c(N)ncnn12. The van der Waals surface area contributed by atoms with E-state index in [9.17, 15) is 18.0 Å². The number of nitrogen functional groups attached to an aromatic ring is 1. The number of urea groups is 1. The standard InChI is InChI=1S/C23H21F3N7O/c1-2-3-5-16-12-17(20-21(27)28-13-29-33(16)20)14-8-10-15(11-9-14)30-22(34)32-19-7-4-6-18(31-19)23(24,25)26/h4,6-13H,1-3,5H2,(H2,27,28,29)(H2,30,31,32,34). The van der Waals surface area contributed by atoms with E-state index in [1.54, 1.807) is 28.8 Å². The predicted octanol–water partition coefficient (Wildman–Crippen LogP) is 5.19. The van der Waals surface area contributed by atoms with Crippen molar-refractivity contribution < 1.29 is 18.0 Å². The number of anilines is 3. The van der Waals surface area contributed by atoms with Crippen LogP contribution in [0.1, 0.15) is 24.2 Å². The molecule has 0 aliphatic carbocycles. The first-order valence-corrected chi connectivity index (χ1v) is 10.4. The summed E-state index contributed by atoms with van der Waals surface area (Å²) < 4.78 is 40.2. The predicted molar refractivity (Wildman–Crippen MR) is 123 cm³/mol. The summed E-state index contributed by atoms with van der Waals surface area (Å²) in [5.41, 5.74) is 8.83.